The molecule has 0 radical (unpaired) electrons. The van der Waals surface area contributed by atoms with Gasteiger partial charge in [0.25, 0.3) is 5.71 Å². The summed E-state index contributed by atoms with van der Waals surface area (Å²) in [7, 11) is 1.56. The molecule has 1 aliphatic heterocycles. The number of carbonyl (C=O) groups excluding carboxylic acids is 1. The van der Waals surface area contributed by atoms with Gasteiger partial charge in [-0.2, -0.15) is 13.2 Å². The number of pyridine rings is 1. The van der Waals surface area contributed by atoms with Crippen LogP contribution in [0.4, 0.5) is 13.2 Å². The molecule has 6 nitrogen and oxygen atoms in total. The predicted octanol–water partition coefficient (Wildman–Crippen LogP) is 4.51. The second-order valence-electron chi connectivity index (χ2n) is 7.68. The van der Waals surface area contributed by atoms with Gasteiger partial charge in [0.1, 0.15) is 5.75 Å². The van der Waals surface area contributed by atoms with E-state index >= 15 is 0 Å². The standard InChI is InChI=1S/C22H22F3N3O3/c1-13-20-16(22(23,24)25)12-17(26-21(20)31-27-13)14-7-9-28(10-8-14)19(29)11-15-5-3-4-6-18(15)30-2/h3-6,12,14H,7-11H2,1-2H3. The number of benzene rings is 1. The molecule has 1 fully saturated rings. The lowest BCUT2D eigenvalue weighted by Crippen LogP contribution is -2.39. The van der Waals surface area contributed by atoms with E-state index in [9.17, 15) is 18.0 Å². The van der Waals surface area contributed by atoms with E-state index in [0.717, 1.165) is 11.6 Å². The molecule has 0 atom stereocenters. The number of halogens is 3. The van der Waals surface area contributed by atoms with E-state index in [1.807, 2.05) is 18.2 Å². The summed E-state index contributed by atoms with van der Waals surface area (Å²) < 4.78 is 51.1. The summed E-state index contributed by atoms with van der Waals surface area (Å²) in [6.07, 6.45) is -3.26. The highest BCUT2D eigenvalue weighted by Crippen LogP contribution is 2.38. The van der Waals surface area contributed by atoms with Crippen molar-refractivity contribution in [2.45, 2.75) is 38.3 Å². The zero-order valence-corrected chi connectivity index (χ0v) is 17.2. The number of para-hydroxylation sites is 1. The highest BCUT2D eigenvalue weighted by molar-refractivity contribution is 5.81. The monoisotopic (exact) mass is 433 g/mol. The van der Waals surface area contributed by atoms with Gasteiger partial charge in [-0.05, 0) is 31.9 Å². The molecule has 0 aliphatic carbocycles. The number of amides is 1. The Balaban J connectivity index is 1.49. The first-order valence-electron chi connectivity index (χ1n) is 10.0. The molecule has 4 rings (SSSR count). The number of aryl methyl sites for hydroxylation is 1. The molecule has 31 heavy (non-hydrogen) atoms. The highest BCUT2D eigenvalue weighted by Gasteiger charge is 2.37. The summed E-state index contributed by atoms with van der Waals surface area (Å²) in [5.74, 6) is 0.435. The summed E-state index contributed by atoms with van der Waals surface area (Å²) in [6, 6.07) is 8.44. The zero-order chi connectivity index (χ0) is 22.2. The van der Waals surface area contributed by atoms with Crippen molar-refractivity contribution >= 4 is 17.0 Å². The number of hydrogen-bond donors (Lipinski definition) is 0. The quantitative estimate of drug-likeness (QED) is 0.606. The molecule has 1 amide bonds. The fraction of sp³-hybridized carbons (Fsp3) is 0.409. The molecule has 0 saturated carbocycles. The number of aromatic nitrogens is 2. The molecule has 164 valence electrons. The number of alkyl halides is 3. The van der Waals surface area contributed by atoms with Crippen LogP contribution in [-0.4, -0.2) is 41.1 Å². The Bertz CT molecular complexity index is 1100. The van der Waals surface area contributed by atoms with Gasteiger partial charge in [-0.1, -0.05) is 23.4 Å². The summed E-state index contributed by atoms with van der Waals surface area (Å²) in [6.45, 7) is 2.37. The number of fused-ring (bicyclic) bond motifs is 1. The third-order valence-corrected chi connectivity index (χ3v) is 5.74. The second-order valence-corrected chi connectivity index (χ2v) is 7.68. The van der Waals surface area contributed by atoms with Crippen LogP contribution in [0.5, 0.6) is 5.75 Å². The van der Waals surface area contributed by atoms with Gasteiger partial charge in [-0.25, -0.2) is 4.98 Å². The lowest BCUT2D eigenvalue weighted by Gasteiger charge is -2.32. The lowest BCUT2D eigenvalue weighted by molar-refractivity contribution is -0.136. The Morgan fingerprint density at radius 3 is 2.65 bits per heavy atom. The predicted molar refractivity (Wildman–Crippen MR) is 107 cm³/mol. The Morgan fingerprint density at radius 1 is 1.26 bits per heavy atom. The van der Waals surface area contributed by atoms with Crippen molar-refractivity contribution in [3.05, 3.63) is 52.8 Å². The summed E-state index contributed by atoms with van der Waals surface area (Å²) >= 11 is 0. The molecule has 9 heteroatoms. The average Bonchev–Trinajstić information content (AvgIpc) is 3.13. The molecule has 3 heterocycles. The fourth-order valence-corrected chi connectivity index (χ4v) is 4.09. The van der Waals surface area contributed by atoms with Crippen LogP contribution in [0.1, 0.15) is 41.3 Å². The molecule has 1 aliphatic rings. The minimum atomic E-state index is -4.53. The van der Waals surface area contributed by atoms with E-state index in [1.165, 1.54) is 6.92 Å². The molecule has 1 aromatic carbocycles. The third-order valence-electron chi connectivity index (χ3n) is 5.74. The van der Waals surface area contributed by atoms with Crippen molar-refractivity contribution < 1.29 is 27.2 Å². The third kappa shape index (κ3) is 4.22. The largest absolute Gasteiger partial charge is 0.496 e. The van der Waals surface area contributed by atoms with Crippen LogP contribution in [0.15, 0.2) is 34.9 Å². The molecule has 1 saturated heterocycles. The maximum Gasteiger partial charge on any atom is 0.417 e. The molecule has 0 N–H and O–H groups in total. The zero-order valence-electron chi connectivity index (χ0n) is 17.2. The first-order valence-corrected chi connectivity index (χ1v) is 10.0. The maximum absolute atomic E-state index is 13.6. The average molecular weight is 433 g/mol. The SMILES string of the molecule is COc1ccccc1CC(=O)N1CCC(c2cc(C(F)(F)F)c3c(C)noc3n2)CC1. The van der Waals surface area contributed by atoms with Crippen LogP contribution in [-0.2, 0) is 17.4 Å². The normalized spacial score (nSPS) is 15.5. The first-order chi connectivity index (χ1) is 14.8. The number of methoxy groups -OCH3 is 1. The van der Waals surface area contributed by atoms with Gasteiger partial charge in [-0.3, -0.25) is 4.79 Å². The number of carbonyl (C=O) groups is 1. The smallest absolute Gasteiger partial charge is 0.417 e. The molecular formula is C22H22F3N3O3. The van der Waals surface area contributed by atoms with Gasteiger partial charge in [-0.15, -0.1) is 0 Å². The van der Waals surface area contributed by atoms with Gasteiger partial charge in [0, 0.05) is 30.3 Å². The fourth-order valence-electron chi connectivity index (χ4n) is 4.09. The van der Waals surface area contributed by atoms with Crippen LogP contribution in [0.25, 0.3) is 11.1 Å². The number of hydrogen-bond acceptors (Lipinski definition) is 5. The highest BCUT2D eigenvalue weighted by atomic mass is 19.4. The van der Waals surface area contributed by atoms with Gasteiger partial charge in [0.2, 0.25) is 5.91 Å². The van der Waals surface area contributed by atoms with Gasteiger partial charge >= 0.3 is 6.18 Å². The number of ether oxygens (including phenoxy) is 1. The van der Waals surface area contributed by atoms with Crippen molar-refractivity contribution in [1.29, 1.82) is 0 Å². The van der Waals surface area contributed by atoms with E-state index < -0.39 is 11.7 Å². The van der Waals surface area contributed by atoms with Crippen molar-refractivity contribution in [3.63, 3.8) is 0 Å². The maximum atomic E-state index is 13.6. The molecule has 0 bridgehead atoms. The number of piperidine rings is 1. The number of likely N-dealkylation sites (tertiary alicyclic amines) is 1. The first kappa shape index (κ1) is 21.1. The lowest BCUT2D eigenvalue weighted by atomic mass is 9.91. The van der Waals surface area contributed by atoms with E-state index in [1.54, 1.807) is 18.1 Å². The topological polar surface area (TPSA) is 68.5 Å². The van der Waals surface area contributed by atoms with E-state index in [-0.39, 0.29) is 35.0 Å². The van der Waals surface area contributed by atoms with Crippen LogP contribution in [0, 0.1) is 6.92 Å². The summed E-state index contributed by atoms with van der Waals surface area (Å²) in [4.78, 5) is 18.8. The van der Waals surface area contributed by atoms with E-state index in [4.69, 9.17) is 9.26 Å². The van der Waals surface area contributed by atoms with Gasteiger partial charge < -0.3 is 14.2 Å². The Hall–Kier alpha value is -3.10. The van der Waals surface area contributed by atoms with E-state index in [0.29, 0.717) is 37.4 Å². The molecule has 3 aromatic rings. The summed E-state index contributed by atoms with van der Waals surface area (Å²) in [5, 5.41) is 3.55. The summed E-state index contributed by atoms with van der Waals surface area (Å²) in [5.41, 5.74) is 0.420. The molecule has 0 spiro atoms. The Morgan fingerprint density at radius 2 is 1.97 bits per heavy atom. The second kappa shape index (κ2) is 8.20. The Labute approximate surface area is 177 Å². The van der Waals surface area contributed by atoms with Crippen LogP contribution in [0.3, 0.4) is 0 Å². The van der Waals surface area contributed by atoms with Crippen molar-refractivity contribution in [1.82, 2.24) is 15.0 Å². The van der Waals surface area contributed by atoms with Gasteiger partial charge in [0.05, 0.1) is 30.2 Å². The number of nitrogens with zero attached hydrogens (tertiary/aromatic N) is 3. The van der Waals surface area contributed by atoms with Crippen molar-refractivity contribution in [3.8, 4) is 5.75 Å². The van der Waals surface area contributed by atoms with E-state index in [2.05, 4.69) is 10.1 Å². The van der Waals surface area contributed by atoms with Crippen LogP contribution >= 0.6 is 0 Å². The minimum Gasteiger partial charge on any atom is -0.496 e. The van der Waals surface area contributed by atoms with Crippen LogP contribution < -0.4 is 4.74 Å². The van der Waals surface area contributed by atoms with Gasteiger partial charge in [0.15, 0.2) is 0 Å². The molecule has 0 unspecified atom stereocenters. The minimum absolute atomic E-state index is 0.0341. The molecular weight excluding hydrogens is 411 g/mol. The van der Waals surface area contributed by atoms with Crippen LogP contribution in [0.2, 0.25) is 0 Å². The van der Waals surface area contributed by atoms with Crippen molar-refractivity contribution in [2.24, 2.45) is 0 Å². The number of rotatable bonds is 4. The van der Waals surface area contributed by atoms with Crippen molar-refractivity contribution in [2.75, 3.05) is 20.2 Å². The molecule has 2 aromatic heterocycles. The Kier molecular flexibility index (Phi) is 5.60.